The van der Waals surface area contributed by atoms with Crippen molar-refractivity contribution in [1.82, 2.24) is 34.8 Å². The van der Waals surface area contributed by atoms with Gasteiger partial charge in [0.25, 0.3) is 0 Å². The molecule has 0 fully saturated rings. The molecule has 8 heteroatoms. The van der Waals surface area contributed by atoms with Crippen molar-refractivity contribution >= 4 is 27.3 Å². The third-order valence-electron chi connectivity index (χ3n) is 3.77. The first-order valence-corrected chi connectivity index (χ1v) is 8.25. The molecule has 5 rings (SSSR count). The summed E-state index contributed by atoms with van der Waals surface area (Å²) in [5.74, 6) is 0.747. The predicted octanol–water partition coefficient (Wildman–Crippen LogP) is 2.65. The second-order valence-electron chi connectivity index (χ2n) is 5.32. The fraction of sp³-hybridized carbons (Fsp3) is 0.0625. The van der Waals surface area contributed by atoms with Crippen LogP contribution in [0.2, 0.25) is 0 Å². The van der Waals surface area contributed by atoms with Gasteiger partial charge in [-0.1, -0.05) is 59.0 Å². The molecule has 0 unspecified atom stereocenters. The maximum absolute atomic E-state index is 4.65. The molecule has 24 heavy (non-hydrogen) atoms. The van der Waals surface area contributed by atoms with Gasteiger partial charge in [-0.25, -0.2) is 4.68 Å². The summed E-state index contributed by atoms with van der Waals surface area (Å²) in [6.07, 6.45) is 0. The van der Waals surface area contributed by atoms with Gasteiger partial charge in [0, 0.05) is 5.56 Å². The number of hydrogen-bond acceptors (Lipinski definition) is 6. The largest absolute Gasteiger partial charge is 0.238 e. The average Bonchev–Trinajstić information content (AvgIpc) is 3.31. The molecule has 0 spiro atoms. The second-order valence-corrected chi connectivity index (χ2v) is 6.36. The van der Waals surface area contributed by atoms with Crippen molar-refractivity contribution in [2.45, 2.75) is 6.54 Å². The summed E-state index contributed by atoms with van der Waals surface area (Å²) in [6.45, 7) is 0.558. The van der Waals surface area contributed by atoms with Crippen molar-refractivity contribution < 1.29 is 0 Å². The molecule has 2 aromatic carbocycles. The number of hydrogen-bond donors (Lipinski definition) is 0. The molecule has 0 saturated heterocycles. The van der Waals surface area contributed by atoms with E-state index in [2.05, 4.69) is 25.6 Å². The van der Waals surface area contributed by atoms with E-state index in [0.717, 1.165) is 32.4 Å². The van der Waals surface area contributed by atoms with Crippen LogP contribution in [0.15, 0.2) is 54.6 Å². The first kappa shape index (κ1) is 13.3. The first-order valence-electron chi connectivity index (χ1n) is 7.43. The molecule has 116 valence electrons. The lowest BCUT2D eigenvalue weighted by Gasteiger charge is -1.98. The lowest BCUT2D eigenvalue weighted by molar-refractivity contribution is 0.659. The minimum Gasteiger partial charge on any atom is -0.238 e. The third kappa shape index (κ3) is 2.08. The van der Waals surface area contributed by atoms with Gasteiger partial charge in [0.2, 0.25) is 4.96 Å². The van der Waals surface area contributed by atoms with Gasteiger partial charge >= 0.3 is 0 Å². The topological polar surface area (TPSA) is 73.8 Å². The van der Waals surface area contributed by atoms with E-state index in [1.54, 1.807) is 4.52 Å². The summed E-state index contributed by atoms with van der Waals surface area (Å²) in [4.78, 5) is 0.772. The molecule has 0 atom stereocenters. The maximum Gasteiger partial charge on any atom is 0.235 e. The van der Waals surface area contributed by atoms with Crippen molar-refractivity contribution in [2.75, 3.05) is 0 Å². The second kappa shape index (κ2) is 5.20. The van der Waals surface area contributed by atoms with Crippen molar-refractivity contribution in [2.24, 2.45) is 0 Å². The van der Waals surface area contributed by atoms with Crippen LogP contribution in [0, 0.1) is 0 Å². The Bertz CT molecular complexity index is 1140. The van der Waals surface area contributed by atoms with Crippen LogP contribution < -0.4 is 0 Å². The number of para-hydroxylation sites is 1. The van der Waals surface area contributed by atoms with Gasteiger partial charge in [0.05, 0.1) is 12.1 Å². The number of aromatic nitrogens is 7. The molecule has 0 aliphatic heterocycles. The molecule has 0 aliphatic rings. The van der Waals surface area contributed by atoms with Gasteiger partial charge in [0.1, 0.15) is 10.5 Å². The van der Waals surface area contributed by atoms with Crippen molar-refractivity contribution in [3.05, 3.63) is 59.6 Å². The molecule has 0 bridgehead atoms. The lowest BCUT2D eigenvalue weighted by atomic mass is 10.2. The van der Waals surface area contributed by atoms with Gasteiger partial charge in [-0.05, 0) is 12.1 Å². The Hall–Kier alpha value is -3.13. The summed E-state index contributed by atoms with van der Waals surface area (Å²) in [5.41, 5.74) is 2.87. The molecular weight excluding hydrogens is 322 g/mol. The van der Waals surface area contributed by atoms with E-state index in [0.29, 0.717) is 6.54 Å². The standard InChI is InChI=1S/C16H11N7S/c1-2-6-11(7-3-1)15-18-19-16-23(15)20-14(24-16)10-22-13-9-5-4-8-12(13)17-21-22/h1-9H,10H2. The zero-order valence-corrected chi connectivity index (χ0v) is 13.3. The fourth-order valence-corrected chi connectivity index (χ4v) is 3.47. The Morgan fingerprint density at radius 2 is 1.71 bits per heavy atom. The smallest absolute Gasteiger partial charge is 0.235 e. The zero-order chi connectivity index (χ0) is 15.9. The molecule has 3 aromatic heterocycles. The minimum absolute atomic E-state index is 0.558. The molecule has 5 aromatic rings. The van der Waals surface area contributed by atoms with Crippen LogP contribution in [0.3, 0.4) is 0 Å². The number of rotatable bonds is 3. The van der Waals surface area contributed by atoms with Crippen LogP contribution in [-0.4, -0.2) is 34.8 Å². The summed E-state index contributed by atoms with van der Waals surface area (Å²) in [7, 11) is 0. The van der Waals surface area contributed by atoms with E-state index in [1.807, 2.05) is 59.3 Å². The van der Waals surface area contributed by atoms with Gasteiger partial charge in [0.15, 0.2) is 5.82 Å². The number of benzene rings is 2. The highest BCUT2D eigenvalue weighted by atomic mass is 32.1. The molecule has 0 N–H and O–H groups in total. The van der Waals surface area contributed by atoms with E-state index >= 15 is 0 Å². The van der Waals surface area contributed by atoms with Crippen molar-refractivity contribution in [1.29, 1.82) is 0 Å². The van der Waals surface area contributed by atoms with E-state index in [-0.39, 0.29) is 0 Å². The van der Waals surface area contributed by atoms with Gasteiger partial charge < -0.3 is 0 Å². The summed E-state index contributed by atoms with van der Waals surface area (Å²) in [6, 6.07) is 17.8. The fourth-order valence-electron chi connectivity index (χ4n) is 2.65. The zero-order valence-electron chi connectivity index (χ0n) is 12.4. The first-order chi connectivity index (χ1) is 11.9. The SMILES string of the molecule is c1ccc(-c2nnc3sc(Cn4nnc5ccccc54)nn23)cc1. The summed E-state index contributed by atoms with van der Waals surface area (Å²) < 4.78 is 3.64. The predicted molar refractivity (Wildman–Crippen MR) is 90.7 cm³/mol. The molecule has 0 saturated carbocycles. The van der Waals surface area contributed by atoms with Crippen molar-refractivity contribution in [3.63, 3.8) is 0 Å². The quantitative estimate of drug-likeness (QED) is 0.507. The van der Waals surface area contributed by atoms with Crippen LogP contribution in [-0.2, 0) is 6.54 Å². The van der Waals surface area contributed by atoms with E-state index in [9.17, 15) is 0 Å². The van der Waals surface area contributed by atoms with Crippen LogP contribution in [0.4, 0.5) is 0 Å². The summed E-state index contributed by atoms with van der Waals surface area (Å²) in [5, 5.41) is 22.4. The Labute approximate surface area is 140 Å². The lowest BCUT2D eigenvalue weighted by Crippen LogP contribution is -2.02. The van der Waals surface area contributed by atoms with E-state index in [4.69, 9.17) is 0 Å². The van der Waals surface area contributed by atoms with Crippen LogP contribution >= 0.6 is 11.3 Å². The van der Waals surface area contributed by atoms with E-state index < -0.39 is 0 Å². The molecule has 3 heterocycles. The van der Waals surface area contributed by atoms with Crippen molar-refractivity contribution in [3.8, 4) is 11.4 Å². The van der Waals surface area contributed by atoms with E-state index in [1.165, 1.54) is 11.3 Å². The Morgan fingerprint density at radius 3 is 2.62 bits per heavy atom. The molecule has 7 nitrogen and oxygen atoms in total. The van der Waals surface area contributed by atoms with Gasteiger partial charge in [-0.15, -0.1) is 15.3 Å². The monoisotopic (exact) mass is 333 g/mol. The normalized spacial score (nSPS) is 11.5. The Kier molecular flexibility index (Phi) is 2.89. The number of fused-ring (bicyclic) bond motifs is 2. The third-order valence-corrected chi connectivity index (χ3v) is 4.65. The van der Waals surface area contributed by atoms with Crippen LogP contribution in [0.1, 0.15) is 5.01 Å². The minimum atomic E-state index is 0.558. The average molecular weight is 333 g/mol. The summed E-state index contributed by atoms with van der Waals surface area (Å²) >= 11 is 1.51. The highest BCUT2D eigenvalue weighted by molar-refractivity contribution is 7.16. The highest BCUT2D eigenvalue weighted by Gasteiger charge is 2.14. The number of nitrogens with zero attached hydrogens (tertiary/aromatic N) is 7. The molecule has 0 amide bonds. The maximum atomic E-state index is 4.65. The van der Waals surface area contributed by atoms with Gasteiger partial charge in [-0.2, -0.15) is 9.61 Å². The van der Waals surface area contributed by atoms with Gasteiger partial charge in [-0.3, -0.25) is 0 Å². The Balaban J connectivity index is 1.55. The van der Waals surface area contributed by atoms with Crippen LogP contribution in [0.5, 0.6) is 0 Å². The molecule has 0 aliphatic carbocycles. The van der Waals surface area contributed by atoms with Crippen LogP contribution in [0.25, 0.3) is 27.4 Å². The Morgan fingerprint density at radius 1 is 0.875 bits per heavy atom. The highest BCUT2D eigenvalue weighted by Crippen LogP contribution is 2.22. The molecular formula is C16H11N7S. The molecule has 0 radical (unpaired) electrons.